The number of piperazine rings is 1. The quantitative estimate of drug-likeness (QED) is 0.535. The number of hydrogen-bond acceptors (Lipinski definition) is 5. The van der Waals surface area contributed by atoms with Crippen LogP contribution in [0.25, 0.3) is 0 Å². The molecule has 0 saturated carbocycles. The van der Waals surface area contributed by atoms with E-state index in [1.165, 1.54) is 11.1 Å². The highest BCUT2D eigenvalue weighted by atomic mass is 16.6. The molecule has 8 nitrogen and oxygen atoms in total. The second-order valence-electron chi connectivity index (χ2n) is 9.59. The van der Waals surface area contributed by atoms with Gasteiger partial charge in [0.25, 0.3) is 5.91 Å². The molecule has 2 fully saturated rings. The monoisotopic (exact) mass is 479 g/mol. The zero-order chi connectivity index (χ0) is 24.9. The molecule has 2 amide bonds. The van der Waals surface area contributed by atoms with E-state index in [1.807, 2.05) is 50.2 Å². The molecule has 4 rings (SSSR count). The van der Waals surface area contributed by atoms with E-state index in [0.29, 0.717) is 32.6 Å². The van der Waals surface area contributed by atoms with Gasteiger partial charge >= 0.3 is 5.97 Å². The first-order valence-electron chi connectivity index (χ1n) is 12.2. The van der Waals surface area contributed by atoms with E-state index in [0.717, 1.165) is 0 Å². The van der Waals surface area contributed by atoms with Crippen molar-refractivity contribution >= 4 is 17.8 Å². The van der Waals surface area contributed by atoms with Crippen molar-refractivity contribution in [3.05, 3.63) is 71.8 Å². The van der Waals surface area contributed by atoms with Gasteiger partial charge in [0.1, 0.15) is 6.04 Å². The molecule has 0 radical (unpaired) electrons. The van der Waals surface area contributed by atoms with E-state index in [2.05, 4.69) is 34.5 Å². The number of rotatable bonds is 9. The molecule has 3 unspecified atom stereocenters. The van der Waals surface area contributed by atoms with Crippen LogP contribution in [-0.2, 0) is 19.1 Å². The number of amides is 2. The summed E-state index contributed by atoms with van der Waals surface area (Å²) in [6.45, 7) is 6.49. The molecule has 2 saturated heterocycles. The highest BCUT2D eigenvalue weighted by Gasteiger charge is 2.51. The fourth-order valence-corrected chi connectivity index (χ4v) is 4.75. The fraction of sp³-hybridized carbons (Fsp3) is 0.444. The molecule has 35 heavy (non-hydrogen) atoms. The average molecular weight is 480 g/mol. The lowest BCUT2D eigenvalue weighted by molar-refractivity contribution is -0.139. The molecule has 0 aromatic heterocycles. The van der Waals surface area contributed by atoms with Gasteiger partial charge in [0.15, 0.2) is 12.2 Å². The lowest BCUT2D eigenvalue weighted by Crippen LogP contribution is -2.56. The van der Waals surface area contributed by atoms with Crippen LogP contribution in [0.5, 0.6) is 0 Å². The normalized spacial score (nSPS) is 21.1. The molecule has 2 aromatic rings. The van der Waals surface area contributed by atoms with Crippen molar-refractivity contribution in [2.45, 2.75) is 44.6 Å². The number of carboxylic acids is 1. The van der Waals surface area contributed by atoms with Crippen LogP contribution in [0.4, 0.5) is 0 Å². The number of carbonyl (C=O) groups excluding carboxylic acids is 2. The minimum atomic E-state index is -1.17. The SMILES string of the molecule is CC(C)CC(NC(=O)C1OC1C(=O)O)C(=O)N1CCN(C(c2ccccc2)c2ccccc2)CC1. The molecule has 2 aliphatic rings. The number of hydrogen-bond donors (Lipinski definition) is 2. The predicted octanol–water partition coefficient (Wildman–Crippen LogP) is 2.30. The smallest absolute Gasteiger partial charge is 0.336 e. The van der Waals surface area contributed by atoms with E-state index >= 15 is 0 Å². The molecular formula is C27H33N3O5. The van der Waals surface area contributed by atoms with Gasteiger partial charge in [0.05, 0.1) is 6.04 Å². The number of benzene rings is 2. The van der Waals surface area contributed by atoms with E-state index in [1.54, 1.807) is 4.90 Å². The Hall–Kier alpha value is -3.23. The Balaban J connectivity index is 1.42. The first-order chi connectivity index (χ1) is 16.8. The maximum Gasteiger partial charge on any atom is 0.336 e. The van der Waals surface area contributed by atoms with Crippen molar-refractivity contribution in [3.8, 4) is 0 Å². The van der Waals surface area contributed by atoms with Crippen molar-refractivity contribution in [1.82, 2.24) is 15.1 Å². The van der Waals surface area contributed by atoms with Crippen LogP contribution in [-0.4, -0.2) is 77.1 Å². The molecule has 3 atom stereocenters. The van der Waals surface area contributed by atoms with Gasteiger partial charge in [-0.2, -0.15) is 0 Å². The summed E-state index contributed by atoms with van der Waals surface area (Å²) in [7, 11) is 0. The zero-order valence-electron chi connectivity index (χ0n) is 20.2. The van der Waals surface area contributed by atoms with Crippen molar-refractivity contribution in [2.75, 3.05) is 26.2 Å². The topological polar surface area (TPSA) is 102 Å². The summed E-state index contributed by atoms with van der Waals surface area (Å²) in [5, 5.41) is 11.8. The highest BCUT2D eigenvalue weighted by molar-refractivity contribution is 5.95. The van der Waals surface area contributed by atoms with Crippen molar-refractivity contribution in [2.24, 2.45) is 5.92 Å². The van der Waals surface area contributed by atoms with Gasteiger partial charge in [0.2, 0.25) is 5.91 Å². The summed E-state index contributed by atoms with van der Waals surface area (Å²) in [6, 6.07) is 20.1. The number of epoxide rings is 1. The lowest BCUT2D eigenvalue weighted by atomic mass is 9.96. The summed E-state index contributed by atoms with van der Waals surface area (Å²) in [6.07, 6.45) is -1.67. The van der Waals surface area contributed by atoms with Crippen LogP contribution in [0.3, 0.4) is 0 Å². The molecule has 0 spiro atoms. The Morgan fingerprint density at radius 1 is 0.914 bits per heavy atom. The van der Waals surface area contributed by atoms with E-state index in [-0.39, 0.29) is 17.9 Å². The molecule has 186 valence electrons. The van der Waals surface area contributed by atoms with Crippen molar-refractivity contribution in [3.63, 3.8) is 0 Å². The minimum absolute atomic E-state index is 0.0979. The maximum absolute atomic E-state index is 13.4. The van der Waals surface area contributed by atoms with E-state index in [4.69, 9.17) is 9.84 Å². The Morgan fingerprint density at radius 2 is 1.46 bits per heavy atom. The summed E-state index contributed by atoms with van der Waals surface area (Å²) >= 11 is 0. The molecule has 2 aromatic carbocycles. The molecule has 2 N–H and O–H groups in total. The fourth-order valence-electron chi connectivity index (χ4n) is 4.75. The van der Waals surface area contributed by atoms with E-state index < -0.39 is 30.1 Å². The second kappa shape index (κ2) is 11.0. The molecule has 8 heteroatoms. The van der Waals surface area contributed by atoms with Crippen LogP contribution in [0.15, 0.2) is 60.7 Å². The predicted molar refractivity (Wildman–Crippen MR) is 131 cm³/mol. The molecule has 0 bridgehead atoms. The molecule has 0 aliphatic carbocycles. The summed E-state index contributed by atoms with van der Waals surface area (Å²) in [5.41, 5.74) is 2.42. The largest absolute Gasteiger partial charge is 0.479 e. The van der Waals surface area contributed by atoms with Crippen molar-refractivity contribution < 1.29 is 24.2 Å². The first-order valence-corrected chi connectivity index (χ1v) is 12.2. The van der Waals surface area contributed by atoms with Crippen LogP contribution >= 0.6 is 0 Å². The Morgan fingerprint density at radius 3 is 1.91 bits per heavy atom. The van der Waals surface area contributed by atoms with Crippen LogP contribution in [0, 0.1) is 5.92 Å². The molecular weight excluding hydrogens is 446 g/mol. The Bertz CT molecular complexity index is 982. The van der Waals surface area contributed by atoms with Crippen LogP contribution in [0.1, 0.15) is 37.4 Å². The van der Waals surface area contributed by atoms with Gasteiger partial charge in [-0.1, -0.05) is 74.5 Å². The molecule has 2 aliphatic heterocycles. The van der Waals surface area contributed by atoms with Gasteiger partial charge < -0.3 is 20.1 Å². The first kappa shape index (κ1) is 24.9. The van der Waals surface area contributed by atoms with Gasteiger partial charge in [-0.05, 0) is 23.5 Å². The Kier molecular flexibility index (Phi) is 7.83. The Labute approximate surface area is 205 Å². The lowest BCUT2D eigenvalue weighted by Gasteiger charge is -2.41. The third kappa shape index (κ3) is 6.07. The van der Waals surface area contributed by atoms with Crippen LogP contribution in [0.2, 0.25) is 0 Å². The second-order valence-corrected chi connectivity index (χ2v) is 9.59. The maximum atomic E-state index is 13.4. The van der Waals surface area contributed by atoms with E-state index in [9.17, 15) is 14.4 Å². The zero-order valence-corrected chi connectivity index (χ0v) is 20.2. The standard InChI is InChI=1S/C27H33N3O5/c1-18(2)17-21(28-25(31)23-24(35-23)27(33)34)26(32)30-15-13-29(14-16-30)22(19-9-5-3-6-10-19)20-11-7-4-8-12-20/h3-12,18,21-24H,13-17H2,1-2H3,(H,28,31)(H,33,34). The number of nitrogens with one attached hydrogen (secondary N) is 1. The van der Waals surface area contributed by atoms with Gasteiger partial charge in [-0.15, -0.1) is 0 Å². The summed E-state index contributed by atoms with van der Waals surface area (Å²) < 4.78 is 4.95. The average Bonchev–Trinajstić information content (AvgIpc) is 3.67. The number of nitrogens with zero attached hydrogens (tertiary/aromatic N) is 2. The van der Waals surface area contributed by atoms with Gasteiger partial charge in [-0.3, -0.25) is 14.5 Å². The van der Waals surface area contributed by atoms with Crippen LogP contribution < -0.4 is 5.32 Å². The highest BCUT2D eigenvalue weighted by Crippen LogP contribution is 2.30. The summed E-state index contributed by atoms with van der Waals surface area (Å²) in [5.74, 6) is -1.65. The van der Waals surface area contributed by atoms with Crippen molar-refractivity contribution in [1.29, 1.82) is 0 Å². The number of carboxylic acid groups (broad SMARTS) is 1. The number of carbonyl (C=O) groups is 3. The third-order valence-corrected chi connectivity index (χ3v) is 6.54. The van der Waals surface area contributed by atoms with Gasteiger partial charge in [0, 0.05) is 26.2 Å². The number of ether oxygens (including phenoxy) is 1. The molecule has 2 heterocycles. The number of aliphatic carboxylic acids is 1. The summed E-state index contributed by atoms with van der Waals surface area (Å²) in [4.78, 5) is 41.1. The third-order valence-electron chi connectivity index (χ3n) is 6.54. The minimum Gasteiger partial charge on any atom is -0.479 e. The van der Waals surface area contributed by atoms with Gasteiger partial charge in [-0.25, -0.2) is 4.79 Å².